The number of nitrogens with zero attached hydrogens (tertiary/aromatic N) is 2. The molecule has 4 aromatic rings. The number of fused-ring (bicyclic) bond motifs is 2. The van der Waals surface area contributed by atoms with Gasteiger partial charge in [0, 0.05) is 12.1 Å². The molecule has 0 aliphatic rings. The SMILES string of the molecule is O=C(O)[C@H](Cc1ccc(O)cc1)NC(=S)Nc1ccc2nc3ccccc3nc2c1. The molecular weight excluding hydrogens is 400 g/mol. The molecule has 0 saturated heterocycles. The van der Waals surface area contributed by atoms with Crippen LogP contribution in [0, 0.1) is 0 Å². The number of thiocarbonyl (C=S) groups is 1. The number of hydrogen-bond donors (Lipinski definition) is 4. The lowest BCUT2D eigenvalue weighted by Gasteiger charge is -2.17. The van der Waals surface area contributed by atoms with Crippen LogP contribution in [-0.4, -0.2) is 37.3 Å². The molecule has 3 aromatic carbocycles. The lowest BCUT2D eigenvalue weighted by molar-refractivity contribution is -0.139. The van der Waals surface area contributed by atoms with E-state index >= 15 is 0 Å². The highest BCUT2D eigenvalue weighted by molar-refractivity contribution is 7.80. The van der Waals surface area contributed by atoms with Crippen LogP contribution in [0.5, 0.6) is 5.75 Å². The zero-order valence-electron chi connectivity index (χ0n) is 15.7. The molecule has 0 radical (unpaired) electrons. The molecule has 0 bridgehead atoms. The number of rotatable bonds is 5. The number of anilines is 1. The fourth-order valence-electron chi connectivity index (χ4n) is 3.09. The topological polar surface area (TPSA) is 107 Å². The van der Waals surface area contributed by atoms with E-state index in [1.807, 2.05) is 42.5 Å². The maximum absolute atomic E-state index is 11.6. The van der Waals surface area contributed by atoms with Gasteiger partial charge in [-0.1, -0.05) is 24.3 Å². The number of nitrogens with one attached hydrogen (secondary N) is 2. The van der Waals surface area contributed by atoms with E-state index in [0.29, 0.717) is 11.2 Å². The number of aromatic nitrogens is 2. The second-order valence-electron chi connectivity index (χ2n) is 6.78. The Labute approximate surface area is 177 Å². The predicted octanol–water partition coefficient (Wildman–Crippen LogP) is 3.47. The molecular formula is C22H18N4O3S. The van der Waals surface area contributed by atoms with Crippen molar-refractivity contribution in [2.24, 2.45) is 0 Å². The number of aliphatic carboxylic acids is 1. The van der Waals surface area contributed by atoms with Crippen molar-refractivity contribution < 1.29 is 15.0 Å². The summed E-state index contributed by atoms with van der Waals surface area (Å²) in [7, 11) is 0. The Hall–Kier alpha value is -3.78. The number of para-hydroxylation sites is 2. The Balaban J connectivity index is 1.48. The molecule has 0 aliphatic heterocycles. The van der Waals surface area contributed by atoms with Gasteiger partial charge >= 0.3 is 5.97 Å². The summed E-state index contributed by atoms with van der Waals surface area (Å²) in [4.78, 5) is 20.8. The van der Waals surface area contributed by atoms with Crippen molar-refractivity contribution in [1.82, 2.24) is 15.3 Å². The first-order valence-corrected chi connectivity index (χ1v) is 9.63. The highest BCUT2D eigenvalue weighted by atomic mass is 32.1. The molecule has 0 spiro atoms. The molecule has 8 heteroatoms. The summed E-state index contributed by atoms with van der Waals surface area (Å²) < 4.78 is 0. The number of carboxylic acid groups (broad SMARTS) is 1. The van der Waals surface area contributed by atoms with E-state index in [0.717, 1.165) is 22.1 Å². The van der Waals surface area contributed by atoms with Crippen molar-refractivity contribution in [3.05, 3.63) is 72.3 Å². The van der Waals surface area contributed by atoms with Gasteiger partial charge in [-0.15, -0.1) is 0 Å². The molecule has 1 heterocycles. The highest BCUT2D eigenvalue weighted by Gasteiger charge is 2.19. The maximum atomic E-state index is 11.6. The van der Waals surface area contributed by atoms with Gasteiger partial charge in [0.2, 0.25) is 0 Å². The normalized spacial score (nSPS) is 11.9. The zero-order chi connectivity index (χ0) is 21.1. The molecule has 0 aliphatic carbocycles. The second-order valence-corrected chi connectivity index (χ2v) is 7.18. The fourth-order valence-corrected chi connectivity index (χ4v) is 3.35. The number of aromatic hydroxyl groups is 1. The van der Waals surface area contributed by atoms with Gasteiger partial charge in [0.25, 0.3) is 0 Å². The number of phenols is 1. The van der Waals surface area contributed by atoms with Crippen LogP contribution < -0.4 is 10.6 Å². The summed E-state index contributed by atoms with van der Waals surface area (Å²) in [6, 6.07) is 18.6. The summed E-state index contributed by atoms with van der Waals surface area (Å²) in [5.41, 5.74) is 4.53. The third kappa shape index (κ3) is 4.44. The highest BCUT2D eigenvalue weighted by Crippen LogP contribution is 2.19. The summed E-state index contributed by atoms with van der Waals surface area (Å²) >= 11 is 5.31. The fraction of sp³-hybridized carbons (Fsp3) is 0.0909. The Bertz CT molecular complexity index is 1240. The number of benzene rings is 3. The van der Waals surface area contributed by atoms with Crippen LogP contribution >= 0.6 is 12.2 Å². The van der Waals surface area contributed by atoms with Gasteiger partial charge in [-0.05, 0) is 60.2 Å². The van der Waals surface area contributed by atoms with Gasteiger partial charge in [-0.3, -0.25) is 0 Å². The van der Waals surface area contributed by atoms with Crippen LogP contribution in [0.1, 0.15) is 5.56 Å². The average molecular weight is 418 g/mol. The first-order valence-electron chi connectivity index (χ1n) is 9.23. The molecule has 1 aromatic heterocycles. The molecule has 0 fully saturated rings. The Morgan fingerprint density at radius 1 is 0.933 bits per heavy atom. The summed E-state index contributed by atoms with van der Waals surface area (Å²) in [5, 5.41) is 24.9. The van der Waals surface area contributed by atoms with Gasteiger partial charge in [-0.25, -0.2) is 14.8 Å². The van der Waals surface area contributed by atoms with Gasteiger partial charge in [0.05, 0.1) is 22.1 Å². The van der Waals surface area contributed by atoms with Crippen molar-refractivity contribution in [2.45, 2.75) is 12.5 Å². The van der Waals surface area contributed by atoms with Gasteiger partial charge in [-0.2, -0.15) is 0 Å². The van der Waals surface area contributed by atoms with E-state index in [-0.39, 0.29) is 17.3 Å². The second kappa shape index (κ2) is 8.30. The standard InChI is InChI=1S/C22H18N4O3S/c27-15-8-5-13(6-9-15)11-20(21(28)29)26-22(30)23-14-7-10-18-19(12-14)25-17-4-2-1-3-16(17)24-18/h1-10,12,20,27H,11H2,(H,28,29)(H2,23,26,30)/t20-/m0/s1. The number of carboxylic acids is 1. The van der Waals surface area contributed by atoms with Crippen LogP contribution in [0.2, 0.25) is 0 Å². The maximum Gasteiger partial charge on any atom is 0.326 e. The lowest BCUT2D eigenvalue weighted by Crippen LogP contribution is -2.44. The predicted molar refractivity (Wildman–Crippen MR) is 120 cm³/mol. The van der Waals surface area contributed by atoms with Crippen LogP contribution in [0.15, 0.2) is 66.7 Å². The number of hydrogen-bond acceptors (Lipinski definition) is 5. The quantitative estimate of drug-likeness (QED) is 0.288. The average Bonchev–Trinajstić information content (AvgIpc) is 2.73. The Morgan fingerprint density at radius 3 is 2.23 bits per heavy atom. The largest absolute Gasteiger partial charge is 0.508 e. The van der Waals surface area contributed by atoms with Crippen molar-refractivity contribution in [1.29, 1.82) is 0 Å². The molecule has 0 saturated carbocycles. The van der Waals surface area contributed by atoms with Gasteiger partial charge < -0.3 is 20.8 Å². The summed E-state index contributed by atoms with van der Waals surface area (Å²) in [6.07, 6.45) is 0.215. The third-order valence-corrected chi connectivity index (χ3v) is 4.80. The van der Waals surface area contributed by atoms with Crippen LogP contribution in [0.3, 0.4) is 0 Å². The van der Waals surface area contributed by atoms with Crippen molar-refractivity contribution in [2.75, 3.05) is 5.32 Å². The summed E-state index contributed by atoms with van der Waals surface area (Å²) in [6.45, 7) is 0. The molecule has 0 unspecified atom stereocenters. The number of phenolic OH excluding ortho intramolecular Hbond substituents is 1. The molecule has 4 N–H and O–H groups in total. The van der Waals surface area contributed by atoms with E-state index in [1.165, 1.54) is 12.1 Å². The van der Waals surface area contributed by atoms with E-state index in [4.69, 9.17) is 12.2 Å². The third-order valence-electron chi connectivity index (χ3n) is 4.58. The molecule has 0 amide bonds. The van der Waals surface area contributed by atoms with Crippen molar-refractivity contribution in [3.8, 4) is 5.75 Å². The Kier molecular flexibility index (Phi) is 5.40. The van der Waals surface area contributed by atoms with Crippen LogP contribution in [0.4, 0.5) is 5.69 Å². The molecule has 1 atom stereocenters. The molecule has 30 heavy (non-hydrogen) atoms. The first-order chi connectivity index (χ1) is 14.5. The van der Waals surface area contributed by atoms with Crippen LogP contribution in [-0.2, 0) is 11.2 Å². The molecule has 7 nitrogen and oxygen atoms in total. The Morgan fingerprint density at radius 2 is 1.57 bits per heavy atom. The number of carbonyl (C=O) groups is 1. The smallest absolute Gasteiger partial charge is 0.326 e. The van der Waals surface area contributed by atoms with Crippen LogP contribution in [0.25, 0.3) is 22.1 Å². The van der Waals surface area contributed by atoms with Gasteiger partial charge in [0.15, 0.2) is 5.11 Å². The van der Waals surface area contributed by atoms with E-state index in [2.05, 4.69) is 20.6 Å². The monoisotopic (exact) mass is 418 g/mol. The van der Waals surface area contributed by atoms with Crippen molar-refractivity contribution >= 4 is 51.1 Å². The minimum Gasteiger partial charge on any atom is -0.508 e. The molecule has 4 rings (SSSR count). The van der Waals surface area contributed by atoms with E-state index in [9.17, 15) is 15.0 Å². The molecule has 150 valence electrons. The van der Waals surface area contributed by atoms with E-state index < -0.39 is 12.0 Å². The van der Waals surface area contributed by atoms with E-state index in [1.54, 1.807) is 12.1 Å². The minimum absolute atomic E-state index is 0.128. The first kappa shape index (κ1) is 19.5. The zero-order valence-corrected chi connectivity index (χ0v) is 16.6. The summed E-state index contributed by atoms with van der Waals surface area (Å²) in [5.74, 6) is -0.897. The van der Waals surface area contributed by atoms with Gasteiger partial charge in [0.1, 0.15) is 11.8 Å². The lowest BCUT2D eigenvalue weighted by atomic mass is 10.1. The van der Waals surface area contributed by atoms with Crippen molar-refractivity contribution in [3.63, 3.8) is 0 Å². The minimum atomic E-state index is -1.02.